The number of nitro groups is 1. The highest BCUT2D eigenvalue weighted by molar-refractivity contribution is 5.87. The molecule has 1 N–H and O–H groups in total. The number of hydrogen-bond donors (Lipinski definition) is 1. The maximum Gasteiger partial charge on any atom is 0.269 e. The third-order valence-electron chi connectivity index (χ3n) is 6.76. The van der Waals surface area contributed by atoms with Crippen LogP contribution in [0.3, 0.4) is 0 Å². The number of nitrogens with one attached hydrogen (secondary N) is 1. The number of halogens is 1. The maximum absolute atomic E-state index is 13.5. The Balaban J connectivity index is 1.48. The predicted molar refractivity (Wildman–Crippen MR) is 148 cm³/mol. The van der Waals surface area contributed by atoms with Crippen molar-refractivity contribution in [2.45, 2.75) is 25.3 Å². The number of aromatic nitrogens is 2. The first-order chi connectivity index (χ1) is 19.0. The molecule has 5 rings (SSSR count). The van der Waals surface area contributed by atoms with Gasteiger partial charge in [-0.05, 0) is 47.0 Å². The minimum absolute atomic E-state index is 0.0249. The van der Waals surface area contributed by atoms with Crippen LogP contribution >= 0.6 is 0 Å². The lowest BCUT2D eigenvalue weighted by molar-refractivity contribution is -0.384. The molecular weight excluding hydrogens is 495 g/mol. The molecule has 0 bridgehead atoms. The van der Waals surface area contributed by atoms with Gasteiger partial charge in [0.25, 0.3) is 5.69 Å². The molecule has 8 heteroatoms. The van der Waals surface area contributed by atoms with Gasteiger partial charge in [-0.15, -0.1) is 0 Å². The number of amides is 1. The van der Waals surface area contributed by atoms with E-state index in [4.69, 9.17) is 0 Å². The summed E-state index contributed by atoms with van der Waals surface area (Å²) in [5.74, 6) is -0.867. The number of carbonyl (C=O) groups excluding carboxylic acids is 1. The minimum Gasteiger partial charge on any atom is -0.356 e. The standard InChI is InChI=1S/C31H27FN4O3/c32-24-13-11-22(12-14-24)20-35-21-29(27-9-1-2-10-30(27)35)28(23-6-5-8-26(18-23)36(38)39)19-31(37)34-17-15-25-7-3-4-16-33-25/h1-14,16,18,21,28H,15,17,19-20H2,(H,34,37)/t28-/m1/s1. The van der Waals surface area contributed by atoms with Crippen molar-refractivity contribution in [3.8, 4) is 0 Å². The molecule has 2 heterocycles. The van der Waals surface area contributed by atoms with Crippen LogP contribution in [0.4, 0.5) is 10.1 Å². The smallest absolute Gasteiger partial charge is 0.269 e. The van der Waals surface area contributed by atoms with Gasteiger partial charge in [0.2, 0.25) is 5.91 Å². The molecule has 0 aliphatic carbocycles. The molecule has 39 heavy (non-hydrogen) atoms. The van der Waals surface area contributed by atoms with E-state index in [-0.39, 0.29) is 23.8 Å². The Bertz CT molecular complexity index is 1600. The summed E-state index contributed by atoms with van der Waals surface area (Å²) in [6.45, 7) is 0.947. The number of rotatable bonds is 10. The van der Waals surface area contributed by atoms with Crippen LogP contribution < -0.4 is 5.32 Å². The summed E-state index contributed by atoms with van der Waals surface area (Å²) in [5, 5.41) is 15.5. The van der Waals surface area contributed by atoms with Gasteiger partial charge in [-0.3, -0.25) is 19.9 Å². The first-order valence-corrected chi connectivity index (χ1v) is 12.7. The summed E-state index contributed by atoms with van der Waals surface area (Å²) in [4.78, 5) is 28.6. The molecule has 2 aromatic heterocycles. The van der Waals surface area contributed by atoms with Crippen molar-refractivity contribution >= 4 is 22.5 Å². The van der Waals surface area contributed by atoms with E-state index in [1.165, 1.54) is 24.3 Å². The lowest BCUT2D eigenvalue weighted by Crippen LogP contribution is -2.27. The van der Waals surface area contributed by atoms with Gasteiger partial charge in [-0.25, -0.2) is 4.39 Å². The van der Waals surface area contributed by atoms with E-state index >= 15 is 0 Å². The van der Waals surface area contributed by atoms with E-state index in [1.807, 2.05) is 54.7 Å². The van der Waals surface area contributed by atoms with E-state index in [9.17, 15) is 19.3 Å². The van der Waals surface area contributed by atoms with Crippen LogP contribution in [0.5, 0.6) is 0 Å². The fraction of sp³-hybridized carbons (Fsp3) is 0.161. The van der Waals surface area contributed by atoms with Gasteiger partial charge in [-0.1, -0.05) is 48.5 Å². The molecule has 3 aromatic carbocycles. The first-order valence-electron chi connectivity index (χ1n) is 12.7. The Hall–Kier alpha value is -4.85. The summed E-state index contributed by atoms with van der Waals surface area (Å²) in [6, 6.07) is 26.4. The van der Waals surface area contributed by atoms with Crippen LogP contribution in [0.15, 0.2) is 103 Å². The molecule has 5 aromatic rings. The molecule has 0 spiro atoms. The summed E-state index contributed by atoms with van der Waals surface area (Å²) in [5.41, 5.74) is 4.34. The lowest BCUT2D eigenvalue weighted by atomic mass is 9.87. The number of benzene rings is 3. The Morgan fingerprint density at radius 3 is 2.56 bits per heavy atom. The van der Waals surface area contributed by atoms with Crippen molar-refractivity contribution in [2.24, 2.45) is 0 Å². The quantitative estimate of drug-likeness (QED) is 0.180. The van der Waals surface area contributed by atoms with Crippen molar-refractivity contribution < 1.29 is 14.1 Å². The SMILES string of the molecule is O=C(C[C@H](c1cccc([N+](=O)[O-])c1)c1cn(Cc2ccc(F)cc2)c2ccccc12)NCCc1ccccn1. The molecular formula is C31H27FN4O3. The number of nitro benzene ring substituents is 1. The highest BCUT2D eigenvalue weighted by Crippen LogP contribution is 2.36. The van der Waals surface area contributed by atoms with Crippen LogP contribution in [-0.2, 0) is 17.8 Å². The number of carbonyl (C=O) groups is 1. The fourth-order valence-electron chi connectivity index (χ4n) is 4.87. The van der Waals surface area contributed by atoms with Gasteiger partial charge >= 0.3 is 0 Å². The lowest BCUT2D eigenvalue weighted by Gasteiger charge is -2.17. The number of non-ortho nitro benzene ring substituents is 1. The van der Waals surface area contributed by atoms with Crippen molar-refractivity contribution in [3.63, 3.8) is 0 Å². The zero-order chi connectivity index (χ0) is 27.2. The number of pyridine rings is 1. The van der Waals surface area contributed by atoms with Gasteiger partial charge in [0.15, 0.2) is 0 Å². The normalized spacial score (nSPS) is 11.8. The molecule has 0 aliphatic heterocycles. The summed E-state index contributed by atoms with van der Waals surface area (Å²) >= 11 is 0. The number of para-hydroxylation sites is 1. The van der Waals surface area contributed by atoms with E-state index < -0.39 is 10.8 Å². The molecule has 1 amide bonds. The van der Waals surface area contributed by atoms with E-state index in [0.29, 0.717) is 25.1 Å². The molecule has 0 fully saturated rings. The monoisotopic (exact) mass is 522 g/mol. The van der Waals surface area contributed by atoms with E-state index in [0.717, 1.165) is 27.7 Å². The average Bonchev–Trinajstić information content (AvgIpc) is 3.31. The van der Waals surface area contributed by atoms with Crippen LogP contribution in [0.1, 0.15) is 34.7 Å². The van der Waals surface area contributed by atoms with Gasteiger partial charge in [-0.2, -0.15) is 0 Å². The van der Waals surface area contributed by atoms with Crippen LogP contribution in [0, 0.1) is 15.9 Å². The second kappa shape index (κ2) is 11.7. The minimum atomic E-state index is -0.425. The number of fused-ring (bicyclic) bond motifs is 1. The molecule has 1 atom stereocenters. The third-order valence-corrected chi connectivity index (χ3v) is 6.76. The average molecular weight is 523 g/mol. The van der Waals surface area contributed by atoms with Gasteiger partial charge in [0.05, 0.1) is 4.92 Å². The van der Waals surface area contributed by atoms with E-state index in [2.05, 4.69) is 14.9 Å². The topological polar surface area (TPSA) is 90.1 Å². The van der Waals surface area contributed by atoms with Crippen LogP contribution in [0.25, 0.3) is 10.9 Å². The fourth-order valence-corrected chi connectivity index (χ4v) is 4.87. The zero-order valence-corrected chi connectivity index (χ0v) is 21.2. The van der Waals surface area contributed by atoms with Gasteiger partial charge in [0, 0.05) is 73.0 Å². The second-order valence-electron chi connectivity index (χ2n) is 9.39. The molecule has 196 valence electrons. The first kappa shape index (κ1) is 25.8. The predicted octanol–water partition coefficient (Wildman–Crippen LogP) is 6.01. The number of hydrogen-bond acceptors (Lipinski definition) is 4. The summed E-state index contributed by atoms with van der Waals surface area (Å²) < 4.78 is 15.5. The van der Waals surface area contributed by atoms with Crippen LogP contribution in [-0.4, -0.2) is 26.9 Å². The Morgan fingerprint density at radius 1 is 1.00 bits per heavy atom. The van der Waals surface area contributed by atoms with Gasteiger partial charge in [0.1, 0.15) is 5.82 Å². The highest BCUT2D eigenvalue weighted by atomic mass is 19.1. The van der Waals surface area contributed by atoms with Crippen molar-refractivity contribution in [1.29, 1.82) is 0 Å². The summed E-state index contributed by atoms with van der Waals surface area (Å²) in [7, 11) is 0. The Kier molecular flexibility index (Phi) is 7.73. The van der Waals surface area contributed by atoms with Crippen molar-refractivity contribution in [1.82, 2.24) is 14.9 Å². The zero-order valence-electron chi connectivity index (χ0n) is 21.2. The second-order valence-corrected chi connectivity index (χ2v) is 9.39. The molecule has 0 saturated carbocycles. The third kappa shape index (κ3) is 6.18. The Labute approximate surface area is 225 Å². The van der Waals surface area contributed by atoms with Crippen molar-refractivity contribution in [2.75, 3.05) is 6.54 Å². The van der Waals surface area contributed by atoms with E-state index in [1.54, 1.807) is 24.4 Å². The van der Waals surface area contributed by atoms with Crippen LogP contribution in [0.2, 0.25) is 0 Å². The maximum atomic E-state index is 13.5. The molecule has 0 unspecified atom stereocenters. The van der Waals surface area contributed by atoms with Gasteiger partial charge < -0.3 is 9.88 Å². The molecule has 7 nitrogen and oxygen atoms in total. The molecule has 0 aliphatic rings. The molecule has 0 saturated heterocycles. The van der Waals surface area contributed by atoms with Crippen molar-refractivity contribution in [3.05, 3.63) is 142 Å². The summed E-state index contributed by atoms with van der Waals surface area (Å²) in [6.07, 6.45) is 4.44. The Morgan fingerprint density at radius 2 is 1.79 bits per heavy atom. The number of nitrogens with zero attached hydrogens (tertiary/aromatic N) is 3. The molecule has 0 radical (unpaired) electrons. The highest BCUT2D eigenvalue weighted by Gasteiger charge is 2.24. The largest absolute Gasteiger partial charge is 0.356 e.